The molecule has 0 heterocycles. The lowest BCUT2D eigenvalue weighted by Crippen LogP contribution is -2.21. The third-order valence-electron chi connectivity index (χ3n) is 5.04. The number of rotatable bonds is 9. The molecule has 0 radical (unpaired) electrons. The van der Waals surface area contributed by atoms with E-state index in [4.69, 9.17) is 4.74 Å². The van der Waals surface area contributed by atoms with E-state index in [2.05, 4.69) is 47.0 Å². The molecule has 4 nitrogen and oxygen atoms in total. The molecule has 0 aliphatic rings. The molecule has 156 valence electrons. The molecule has 4 aromatic carbocycles. The van der Waals surface area contributed by atoms with Gasteiger partial charge in [0.1, 0.15) is 5.75 Å². The maximum atomic E-state index is 12.4. The van der Waals surface area contributed by atoms with Crippen molar-refractivity contribution in [2.75, 3.05) is 23.8 Å². The van der Waals surface area contributed by atoms with E-state index in [1.807, 2.05) is 60.7 Å². The summed E-state index contributed by atoms with van der Waals surface area (Å²) in [6, 6.07) is 32.1. The van der Waals surface area contributed by atoms with Gasteiger partial charge in [0.2, 0.25) is 5.91 Å². The van der Waals surface area contributed by atoms with Gasteiger partial charge in [0, 0.05) is 17.4 Å². The normalized spacial score (nSPS) is 10.6. The van der Waals surface area contributed by atoms with Crippen molar-refractivity contribution in [1.82, 2.24) is 0 Å². The van der Waals surface area contributed by atoms with Crippen LogP contribution in [0.5, 0.6) is 5.75 Å². The first-order valence-electron chi connectivity index (χ1n) is 10.6. The molecule has 2 N–H and O–H groups in total. The second kappa shape index (κ2) is 10.3. The zero-order valence-electron chi connectivity index (χ0n) is 17.4. The van der Waals surface area contributed by atoms with Crippen LogP contribution in [0.4, 0.5) is 11.4 Å². The number of carbonyl (C=O) groups excluding carboxylic acids is 1. The highest BCUT2D eigenvalue weighted by atomic mass is 16.5. The second-order valence-corrected chi connectivity index (χ2v) is 7.43. The highest BCUT2D eigenvalue weighted by molar-refractivity contribution is 5.94. The monoisotopic (exact) mass is 410 g/mol. The molecule has 4 aromatic rings. The van der Waals surface area contributed by atoms with Crippen LogP contribution in [-0.2, 0) is 11.2 Å². The largest absolute Gasteiger partial charge is 0.494 e. The van der Waals surface area contributed by atoms with Crippen LogP contribution in [0.1, 0.15) is 12.0 Å². The molecule has 0 aliphatic heterocycles. The number of anilines is 2. The van der Waals surface area contributed by atoms with Crippen LogP contribution in [0.2, 0.25) is 0 Å². The molecule has 4 rings (SSSR count). The zero-order valence-corrected chi connectivity index (χ0v) is 17.4. The van der Waals surface area contributed by atoms with E-state index in [0.29, 0.717) is 6.61 Å². The minimum atomic E-state index is -0.102. The summed E-state index contributed by atoms with van der Waals surface area (Å²) in [4.78, 5) is 12.4. The smallest absolute Gasteiger partial charge is 0.243 e. The van der Waals surface area contributed by atoms with Crippen molar-refractivity contribution >= 4 is 28.1 Å². The van der Waals surface area contributed by atoms with Gasteiger partial charge in [-0.2, -0.15) is 0 Å². The van der Waals surface area contributed by atoms with Crippen LogP contribution in [0, 0.1) is 0 Å². The molecule has 31 heavy (non-hydrogen) atoms. The average Bonchev–Trinajstić information content (AvgIpc) is 2.81. The molecule has 0 fully saturated rings. The Morgan fingerprint density at radius 1 is 0.742 bits per heavy atom. The highest BCUT2D eigenvalue weighted by Crippen LogP contribution is 2.20. The number of nitrogens with one attached hydrogen (secondary N) is 2. The van der Waals surface area contributed by atoms with Crippen molar-refractivity contribution in [1.29, 1.82) is 0 Å². The van der Waals surface area contributed by atoms with Crippen molar-refractivity contribution in [3.63, 3.8) is 0 Å². The Morgan fingerprint density at radius 2 is 1.55 bits per heavy atom. The van der Waals surface area contributed by atoms with Crippen molar-refractivity contribution in [2.45, 2.75) is 12.8 Å². The van der Waals surface area contributed by atoms with E-state index in [0.717, 1.165) is 35.4 Å². The predicted molar refractivity (Wildman–Crippen MR) is 128 cm³/mol. The summed E-state index contributed by atoms with van der Waals surface area (Å²) in [5.74, 6) is 0.655. The number of benzene rings is 4. The fourth-order valence-electron chi connectivity index (χ4n) is 3.46. The van der Waals surface area contributed by atoms with Crippen LogP contribution in [0.25, 0.3) is 10.8 Å². The maximum absolute atomic E-state index is 12.4. The molecular formula is C27H26N2O2. The van der Waals surface area contributed by atoms with E-state index in [-0.39, 0.29) is 12.5 Å². The van der Waals surface area contributed by atoms with Crippen LogP contribution in [0.3, 0.4) is 0 Å². The Labute approximate surface area is 182 Å². The topological polar surface area (TPSA) is 50.4 Å². The van der Waals surface area contributed by atoms with Gasteiger partial charge in [0.05, 0.1) is 13.2 Å². The quantitative estimate of drug-likeness (QED) is 0.338. The lowest BCUT2D eigenvalue weighted by atomic mass is 10.1. The summed E-state index contributed by atoms with van der Waals surface area (Å²) in [5.41, 5.74) is 2.96. The molecule has 4 heteroatoms. The summed E-state index contributed by atoms with van der Waals surface area (Å²) in [5, 5.41) is 8.43. The number of amides is 1. The molecule has 1 amide bonds. The Kier molecular flexibility index (Phi) is 6.81. The van der Waals surface area contributed by atoms with Crippen LogP contribution in [0.15, 0.2) is 97.1 Å². The summed E-state index contributed by atoms with van der Waals surface area (Å²) in [7, 11) is 0. The first kappa shape index (κ1) is 20.5. The minimum absolute atomic E-state index is 0.102. The second-order valence-electron chi connectivity index (χ2n) is 7.43. The van der Waals surface area contributed by atoms with Crippen molar-refractivity contribution in [3.8, 4) is 5.75 Å². The standard InChI is InChI=1S/C27H26N2O2/c30-27(20-28-24-16-15-22-11-4-5-12-23(22)18-24)29-25-13-6-14-26(19-25)31-17-7-10-21-8-2-1-3-9-21/h1-6,8-9,11-16,18-19,28H,7,10,17,20H2,(H,29,30). The van der Waals surface area contributed by atoms with Gasteiger partial charge in [0.25, 0.3) is 0 Å². The molecule has 0 unspecified atom stereocenters. The number of carbonyl (C=O) groups is 1. The van der Waals surface area contributed by atoms with Crippen LogP contribution in [-0.4, -0.2) is 19.1 Å². The number of hydrogen-bond donors (Lipinski definition) is 2. The highest BCUT2D eigenvalue weighted by Gasteiger charge is 2.04. The third kappa shape index (κ3) is 6.09. The van der Waals surface area contributed by atoms with Crippen molar-refractivity contribution < 1.29 is 9.53 Å². The summed E-state index contributed by atoms with van der Waals surface area (Å²) >= 11 is 0. The number of hydrogen-bond acceptors (Lipinski definition) is 3. The van der Waals surface area contributed by atoms with E-state index in [1.165, 1.54) is 10.9 Å². The number of ether oxygens (including phenoxy) is 1. The lowest BCUT2D eigenvalue weighted by molar-refractivity contribution is -0.114. The number of aryl methyl sites for hydroxylation is 1. The SMILES string of the molecule is O=C(CNc1ccc2ccccc2c1)Nc1cccc(OCCCc2ccccc2)c1. The van der Waals surface area contributed by atoms with Gasteiger partial charge in [-0.1, -0.05) is 66.7 Å². The maximum Gasteiger partial charge on any atom is 0.243 e. The Morgan fingerprint density at radius 3 is 2.42 bits per heavy atom. The molecule has 0 saturated carbocycles. The van der Waals surface area contributed by atoms with Crippen molar-refractivity contribution in [2.24, 2.45) is 0 Å². The van der Waals surface area contributed by atoms with E-state index in [9.17, 15) is 4.79 Å². The average molecular weight is 411 g/mol. The van der Waals surface area contributed by atoms with Gasteiger partial charge in [-0.05, 0) is 53.4 Å². The summed E-state index contributed by atoms with van der Waals surface area (Å²) in [6.07, 6.45) is 1.92. The molecule has 0 atom stereocenters. The molecule has 0 spiro atoms. The number of fused-ring (bicyclic) bond motifs is 1. The third-order valence-corrected chi connectivity index (χ3v) is 5.04. The molecule has 0 aromatic heterocycles. The van der Waals surface area contributed by atoms with E-state index < -0.39 is 0 Å². The van der Waals surface area contributed by atoms with Crippen LogP contribution >= 0.6 is 0 Å². The molecular weight excluding hydrogens is 384 g/mol. The molecule has 0 saturated heterocycles. The van der Waals surface area contributed by atoms with E-state index in [1.54, 1.807) is 0 Å². The first-order valence-corrected chi connectivity index (χ1v) is 10.6. The van der Waals surface area contributed by atoms with Gasteiger partial charge in [-0.15, -0.1) is 0 Å². The van der Waals surface area contributed by atoms with Crippen LogP contribution < -0.4 is 15.4 Å². The van der Waals surface area contributed by atoms with Gasteiger partial charge in [0.15, 0.2) is 0 Å². The van der Waals surface area contributed by atoms with Gasteiger partial charge in [-0.25, -0.2) is 0 Å². The van der Waals surface area contributed by atoms with Gasteiger partial charge in [-0.3, -0.25) is 4.79 Å². The zero-order chi connectivity index (χ0) is 21.3. The Balaban J connectivity index is 1.24. The van der Waals surface area contributed by atoms with E-state index >= 15 is 0 Å². The Bertz CT molecular complexity index is 1140. The van der Waals surface area contributed by atoms with Gasteiger partial charge >= 0.3 is 0 Å². The fourth-order valence-corrected chi connectivity index (χ4v) is 3.46. The predicted octanol–water partition coefficient (Wildman–Crippen LogP) is 5.90. The minimum Gasteiger partial charge on any atom is -0.494 e. The fraction of sp³-hybridized carbons (Fsp3) is 0.148. The summed E-state index contributed by atoms with van der Waals surface area (Å²) in [6.45, 7) is 0.830. The summed E-state index contributed by atoms with van der Waals surface area (Å²) < 4.78 is 5.85. The Hall–Kier alpha value is -3.79. The van der Waals surface area contributed by atoms with Gasteiger partial charge < -0.3 is 15.4 Å². The molecule has 0 aliphatic carbocycles. The van der Waals surface area contributed by atoms with Crippen molar-refractivity contribution in [3.05, 3.63) is 103 Å². The molecule has 0 bridgehead atoms. The first-order chi connectivity index (χ1) is 15.3. The lowest BCUT2D eigenvalue weighted by Gasteiger charge is -2.11.